The van der Waals surface area contributed by atoms with Crippen LogP contribution in [0.1, 0.15) is 44.6 Å². The highest BCUT2D eigenvalue weighted by Gasteiger charge is 2.40. The van der Waals surface area contributed by atoms with Gasteiger partial charge in [-0.3, -0.25) is 0 Å². The van der Waals surface area contributed by atoms with Crippen LogP contribution in [0.15, 0.2) is 24.3 Å². The number of nitrogens with zero attached hydrogens (tertiary/aromatic N) is 1. The molecular formula is C16H23N. The zero-order valence-electron chi connectivity index (χ0n) is 11.0. The molecule has 0 radical (unpaired) electrons. The standard InChI is InChI=1S/C16H23N/c1-12(2)15-11-16(15)13-6-5-7-14(10-13)17-8-3-4-9-17/h5-7,10,12,15-16H,3-4,8-9,11H2,1-2H3. The number of benzene rings is 1. The summed E-state index contributed by atoms with van der Waals surface area (Å²) >= 11 is 0. The minimum atomic E-state index is 0.843. The quantitative estimate of drug-likeness (QED) is 0.756. The van der Waals surface area contributed by atoms with Gasteiger partial charge in [0.05, 0.1) is 0 Å². The van der Waals surface area contributed by atoms with Gasteiger partial charge in [-0.25, -0.2) is 0 Å². The van der Waals surface area contributed by atoms with E-state index in [0.29, 0.717) is 0 Å². The van der Waals surface area contributed by atoms with E-state index in [1.807, 2.05) is 0 Å². The Kier molecular flexibility index (Phi) is 2.85. The second kappa shape index (κ2) is 4.36. The lowest BCUT2D eigenvalue weighted by Gasteiger charge is -2.18. The van der Waals surface area contributed by atoms with Crippen molar-refractivity contribution in [1.29, 1.82) is 0 Å². The van der Waals surface area contributed by atoms with Crippen molar-refractivity contribution in [3.8, 4) is 0 Å². The van der Waals surface area contributed by atoms with Gasteiger partial charge >= 0.3 is 0 Å². The zero-order valence-corrected chi connectivity index (χ0v) is 11.0. The second-order valence-corrected chi connectivity index (χ2v) is 6.04. The Morgan fingerprint density at radius 2 is 1.94 bits per heavy atom. The summed E-state index contributed by atoms with van der Waals surface area (Å²) < 4.78 is 0. The Labute approximate surface area is 105 Å². The Morgan fingerprint density at radius 3 is 2.59 bits per heavy atom. The van der Waals surface area contributed by atoms with E-state index >= 15 is 0 Å². The Balaban J connectivity index is 1.76. The molecule has 1 aromatic rings. The van der Waals surface area contributed by atoms with Crippen LogP contribution < -0.4 is 4.90 Å². The molecule has 1 heteroatoms. The SMILES string of the molecule is CC(C)C1CC1c1cccc(N2CCCC2)c1. The fourth-order valence-corrected chi connectivity index (χ4v) is 3.26. The summed E-state index contributed by atoms with van der Waals surface area (Å²) in [4.78, 5) is 2.54. The molecule has 2 unspecified atom stereocenters. The maximum atomic E-state index is 2.54. The summed E-state index contributed by atoms with van der Waals surface area (Å²) in [6.45, 7) is 7.22. The van der Waals surface area contributed by atoms with Crippen LogP contribution in [-0.2, 0) is 0 Å². The van der Waals surface area contributed by atoms with E-state index in [1.54, 1.807) is 5.56 Å². The molecule has 2 atom stereocenters. The molecule has 2 aliphatic rings. The summed E-state index contributed by atoms with van der Waals surface area (Å²) in [5.41, 5.74) is 3.03. The average Bonchev–Trinajstić information content (AvgIpc) is 2.96. The average molecular weight is 229 g/mol. The van der Waals surface area contributed by atoms with Crippen molar-refractivity contribution in [2.45, 2.75) is 39.0 Å². The highest BCUT2D eigenvalue weighted by Crippen LogP contribution is 2.52. The summed E-state index contributed by atoms with van der Waals surface area (Å²) in [6, 6.07) is 9.30. The molecule has 17 heavy (non-hydrogen) atoms. The van der Waals surface area contributed by atoms with Crippen molar-refractivity contribution >= 4 is 5.69 Å². The first-order valence-corrected chi connectivity index (χ1v) is 7.10. The molecule has 0 aromatic heterocycles. The molecule has 2 fully saturated rings. The number of hydrogen-bond donors (Lipinski definition) is 0. The second-order valence-electron chi connectivity index (χ2n) is 6.04. The largest absolute Gasteiger partial charge is 0.372 e. The maximum Gasteiger partial charge on any atom is 0.0369 e. The molecule has 1 saturated carbocycles. The van der Waals surface area contributed by atoms with Gasteiger partial charge < -0.3 is 4.90 Å². The van der Waals surface area contributed by atoms with Crippen LogP contribution in [0.2, 0.25) is 0 Å². The molecule has 1 nitrogen and oxygen atoms in total. The van der Waals surface area contributed by atoms with Gasteiger partial charge in [0.1, 0.15) is 0 Å². The third-order valence-corrected chi connectivity index (χ3v) is 4.47. The van der Waals surface area contributed by atoms with Gasteiger partial charge in [0.15, 0.2) is 0 Å². The Bertz CT molecular complexity index is 390. The van der Waals surface area contributed by atoms with E-state index < -0.39 is 0 Å². The van der Waals surface area contributed by atoms with Crippen LogP contribution in [0, 0.1) is 11.8 Å². The molecule has 0 N–H and O–H groups in total. The number of rotatable bonds is 3. The predicted octanol–water partition coefficient (Wildman–Crippen LogP) is 4.05. The van der Waals surface area contributed by atoms with Crippen LogP contribution in [0.4, 0.5) is 5.69 Å². The van der Waals surface area contributed by atoms with Crippen LogP contribution in [-0.4, -0.2) is 13.1 Å². The lowest BCUT2D eigenvalue weighted by atomic mass is 10.0. The molecule has 1 aliphatic heterocycles. The molecule has 0 spiro atoms. The Hall–Kier alpha value is -0.980. The minimum absolute atomic E-state index is 0.843. The van der Waals surface area contributed by atoms with E-state index in [0.717, 1.165) is 17.8 Å². The van der Waals surface area contributed by atoms with Crippen molar-refractivity contribution in [2.24, 2.45) is 11.8 Å². The van der Waals surface area contributed by atoms with Gasteiger partial charge in [0, 0.05) is 18.8 Å². The van der Waals surface area contributed by atoms with Crippen molar-refractivity contribution < 1.29 is 0 Å². The lowest BCUT2D eigenvalue weighted by molar-refractivity contribution is 0.549. The van der Waals surface area contributed by atoms with Crippen LogP contribution in [0.3, 0.4) is 0 Å². The molecule has 1 aliphatic carbocycles. The molecule has 0 bridgehead atoms. The molecule has 0 amide bonds. The fraction of sp³-hybridized carbons (Fsp3) is 0.625. The third-order valence-electron chi connectivity index (χ3n) is 4.47. The predicted molar refractivity (Wildman–Crippen MR) is 73.6 cm³/mol. The fourth-order valence-electron chi connectivity index (χ4n) is 3.26. The van der Waals surface area contributed by atoms with E-state index in [9.17, 15) is 0 Å². The first-order valence-electron chi connectivity index (χ1n) is 7.10. The summed E-state index contributed by atoms with van der Waals surface area (Å²) in [5.74, 6) is 2.62. The number of hydrogen-bond acceptors (Lipinski definition) is 1. The topological polar surface area (TPSA) is 3.24 Å². The van der Waals surface area contributed by atoms with Gasteiger partial charge in [-0.2, -0.15) is 0 Å². The lowest BCUT2D eigenvalue weighted by Crippen LogP contribution is -2.17. The van der Waals surface area contributed by atoms with Crippen molar-refractivity contribution in [3.05, 3.63) is 29.8 Å². The van der Waals surface area contributed by atoms with Crippen molar-refractivity contribution in [3.63, 3.8) is 0 Å². The molecule has 92 valence electrons. The van der Waals surface area contributed by atoms with E-state index in [4.69, 9.17) is 0 Å². The van der Waals surface area contributed by atoms with E-state index in [1.165, 1.54) is 38.0 Å². The summed E-state index contributed by atoms with van der Waals surface area (Å²) in [7, 11) is 0. The number of anilines is 1. The minimum Gasteiger partial charge on any atom is -0.372 e. The van der Waals surface area contributed by atoms with Gasteiger partial charge in [-0.05, 0) is 54.7 Å². The van der Waals surface area contributed by atoms with Gasteiger partial charge in [-0.1, -0.05) is 26.0 Å². The molecular weight excluding hydrogens is 206 g/mol. The highest BCUT2D eigenvalue weighted by atomic mass is 15.1. The molecule has 3 rings (SSSR count). The first-order chi connectivity index (χ1) is 8.25. The van der Waals surface area contributed by atoms with Crippen molar-refractivity contribution in [1.82, 2.24) is 0 Å². The van der Waals surface area contributed by atoms with Crippen LogP contribution in [0.5, 0.6) is 0 Å². The van der Waals surface area contributed by atoms with Gasteiger partial charge in [0.25, 0.3) is 0 Å². The monoisotopic (exact) mass is 229 g/mol. The van der Waals surface area contributed by atoms with Crippen LogP contribution in [0.25, 0.3) is 0 Å². The maximum absolute atomic E-state index is 2.54. The summed E-state index contributed by atoms with van der Waals surface area (Å²) in [5, 5.41) is 0. The van der Waals surface area contributed by atoms with Gasteiger partial charge in [-0.15, -0.1) is 0 Å². The molecule has 1 aromatic carbocycles. The molecule has 1 heterocycles. The third kappa shape index (κ3) is 2.20. The zero-order chi connectivity index (χ0) is 11.8. The smallest absolute Gasteiger partial charge is 0.0369 e. The Morgan fingerprint density at radius 1 is 1.18 bits per heavy atom. The first kappa shape index (κ1) is 11.1. The normalized spacial score (nSPS) is 27.8. The highest BCUT2D eigenvalue weighted by molar-refractivity contribution is 5.50. The van der Waals surface area contributed by atoms with E-state index in [-0.39, 0.29) is 0 Å². The van der Waals surface area contributed by atoms with Gasteiger partial charge in [0.2, 0.25) is 0 Å². The summed E-state index contributed by atoms with van der Waals surface area (Å²) in [6.07, 6.45) is 4.13. The van der Waals surface area contributed by atoms with Crippen molar-refractivity contribution in [2.75, 3.05) is 18.0 Å². The van der Waals surface area contributed by atoms with Crippen LogP contribution >= 0.6 is 0 Å². The van der Waals surface area contributed by atoms with E-state index in [2.05, 4.69) is 43.0 Å². The molecule has 1 saturated heterocycles.